The van der Waals surface area contributed by atoms with Crippen molar-refractivity contribution >= 4 is 29.0 Å². The van der Waals surface area contributed by atoms with E-state index in [1.165, 1.54) is 6.33 Å². The zero-order valence-electron chi connectivity index (χ0n) is 8.72. The minimum Gasteiger partial charge on any atom is -0.362 e. The van der Waals surface area contributed by atoms with Crippen LogP contribution < -0.4 is 10.9 Å². The van der Waals surface area contributed by atoms with Crippen molar-refractivity contribution in [3.05, 3.63) is 21.7 Å². The van der Waals surface area contributed by atoms with E-state index in [1.54, 1.807) is 0 Å². The number of hydrogen-bond acceptors (Lipinski definition) is 3. The molecular formula is C10H13Cl2N3O. The number of anilines is 1. The Labute approximate surface area is 103 Å². The molecule has 1 aliphatic rings. The third-order valence-corrected chi connectivity index (χ3v) is 3.86. The van der Waals surface area contributed by atoms with Crippen molar-refractivity contribution in [1.29, 1.82) is 0 Å². The van der Waals surface area contributed by atoms with E-state index in [0.29, 0.717) is 11.7 Å². The molecule has 0 spiro atoms. The molecule has 0 aliphatic heterocycles. The second-order valence-electron chi connectivity index (χ2n) is 4.14. The maximum atomic E-state index is 11.3. The monoisotopic (exact) mass is 261 g/mol. The first-order valence-corrected chi connectivity index (χ1v) is 6.15. The van der Waals surface area contributed by atoms with Gasteiger partial charge < -0.3 is 10.3 Å². The van der Waals surface area contributed by atoms with Crippen LogP contribution in [0.15, 0.2) is 11.1 Å². The summed E-state index contributed by atoms with van der Waals surface area (Å²) in [4.78, 5) is 17.8. The highest BCUT2D eigenvalue weighted by molar-refractivity contribution is 6.32. The summed E-state index contributed by atoms with van der Waals surface area (Å²) < 4.78 is 0. The SMILES string of the molecule is O=c1[nH]cnc(NC2(CCl)CCCC2)c1Cl. The maximum Gasteiger partial charge on any atom is 0.271 e. The summed E-state index contributed by atoms with van der Waals surface area (Å²) in [5, 5.41) is 3.31. The molecule has 0 atom stereocenters. The van der Waals surface area contributed by atoms with Gasteiger partial charge in [-0.1, -0.05) is 24.4 Å². The van der Waals surface area contributed by atoms with Gasteiger partial charge in [0.2, 0.25) is 0 Å². The fourth-order valence-corrected chi connectivity index (χ4v) is 2.55. The predicted octanol–water partition coefficient (Wildman–Crippen LogP) is 2.39. The topological polar surface area (TPSA) is 57.8 Å². The Morgan fingerprint density at radius 1 is 1.50 bits per heavy atom. The van der Waals surface area contributed by atoms with Gasteiger partial charge >= 0.3 is 0 Å². The highest BCUT2D eigenvalue weighted by Gasteiger charge is 2.33. The summed E-state index contributed by atoms with van der Waals surface area (Å²) in [7, 11) is 0. The average molecular weight is 262 g/mol. The van der Waals surface area contributed by atoms with Gasteiger partial charge in [-0.3, -0.25) is 4.79 Å². The summed E-state index contributed by atoms with van der Waals surface area (Å²) in [6, 6.07) is 0. The molecule has 1 aromatic rings. The summed E-state index contributed by atoms with van der Waals surface area (Å²) in [5.41, 5.74) is -0.492. The van der Waals surface area contributed by atoms with Crippen LogP contribution in [0.25, 0.3) is 0 Å². The predicted molar refractivity (Wildman–Crippen MR) is 65.4 cm³/mol. The second-order valence-corrected chi connectivity index (χ2v) is 4.79. The molecule has 4 nitrogen and oxygen atoms in total. The second kappa shape index (κ2) is 4.63. The molecule has 16 heavy (non-hydrogen) atoms. The zero-order valence-corrected chi connectivity index (χ0v) is 10.2. The van der Waals surface area contributed by atoms with Crippen LogP contribution in [0.3, 0.4) is 0 Å². The van der Waals surface area contributed by atoms with Crippen LogP contribution in [0.1, 0.15) is 25.7 Å². The molecule has 2 N–H and O–H groups in total. The third kappa shape index (κ3) is 2.18. The summed E-state index contributed by atoms with van der Waals surface area (Å²) >= 11 is 11.9. The largest absolute Gasteiger partial charge is 0.362 e. The lowest BCUT2D eigenvalue weighted by Gasteiger charge is -2.28. The molecule has 1 saturated carbocycles. The molecule has 6 heteroatoms. The van der Waals surface area contributed by atoms with Gasteiger partial charge in [-0.15, -0.1) is 11.6 Å². The lowest BCUT2D eigenvalue weighted by atomic mass is 10.0. The van der Waals surface area contributed by atoms with Crippen molar-refractivity contribution < 1.29 is 0 Å². The molecule has 88 valence electrons. The molecule has 2 rings (SSSR count). The van der Waals surface area contributed by atoms with E-state index < -0.39 is 0 Å². The van der Waals surface area contributed by atoms with Crippen LogP contribution in [0, 0.1) is 0 Å². The zero-order chi connectivity index (χ0) is 11.6. The van der Waals surface area contributed by atoms with Crippen molar-refractivity contribution in [2.24, 2.45) is 0 Å². The van der Waals surface area contributed by atoms with Gasteiger partial charge in [0.15, 0.2) is 5.82 Å². The van der Waals surface area contributed by atoms with Crippen molar-refractivity contribution in [3.8, 4) is 0 Å². The summed E-state index contributed by atoms with van der Waals surface area (Å²) in [6.07, 6.45) is 5.59. The number of nitrogens with one attached hydrogen (secondary N) is 2. The third-order valence-electron chi connectivity index (χ3n) is 3.00. The van der Waals surface area contributed by atoms with E-state index >= 15 is 0 Å². The van der Waals surface area contributed by atoms with E-state index in [4.69, 9.17) is 23.2 Å². The Balaban J connectivity index is 2.26. The molecule has 1 heterocycles. The Morgan fingerprint density at radius 3 is 2.81 bits per heavy atom. The molecule has 1 fully saturated rings. The first-order valence-electron chi connectivity index (χ1n) is 5.24. The average Bonchev–Trinajstić information content (AvgIpc) is 2.74. The molecular weight excluding hydrogens is 249 g/mol. The minimum atomic E-state index is -0.332. The molecule has 1 aromatic heterocycles. The number of rotatable bonds is 3. The van der Waals surface area contributed by atoms with Gasteiger partial charge in [-0.25, -0.2) is 4.98 Å². The van der Waals surface area contributed by atoms with Gasteiger partial charge in [-0.05, 0) is 12.8 Å². The number of nitrogens with zero attached hydrogens (tertiary/aromatic N) is 1. The number of halogens is 2. The van der Waals surface area contributed by atoms with Gasteiger partial charge in [0.25, 0.3) is 5.56 Å². The van der Waals surface area contributed by atoms with Crippen LogP contribution in [0.4, 0.5) is 5.82 Å². The van der Waals surface area contributed by atoms with Crippen LogP contribution >= 0.6 is 23.2 Å². The highest BCUT2D eigenvalue weighted by Crippen LogP contribution is 2.34. The highest BCUT2D eigenvalue weighted by atomic mass is 35.5. The van der Waals surface area contributed by atoms with Gasteiger partial charge in [0, 0.05) is 5.88 Å². The Hall–Kier alpha value is -0.740. The molecule has 0 bridgehead atoms. The van der Waals surface area contributed by atoms with E-state index in [0.717, 1.165) is 25.7 Å². The van der Waals surface area contributed by atoms with Crippen molar-refractivity contribution in [2.75, 3.05) is 11.2 Å². The molecule has 0 aromatic carbocycles. The number of hydrogen-bond donors (Lipinski definition) is 2. The van der Waals surface area contributed by atoms with Crippen LogP contribution in [-0.4, -0.2) is 21.4 Å². The van der Waals surface area contributed by atoms with E-state index in [2.05, 4.69) is 15.3 Å². The van der Waals surface area contributed by atoms with E-state index in [-0.39, 0.29) is 16.1 Å². The molecule has 0 radical (unpaired) electrons. The van der Waals surface area contributed by atoms with Crippen LogP contribution in [-0.2, 0) is 0 Å². The fourth-order valence-electron chi connectivity index (χ4n) is 2.07. The Kier molecular flexibility index (Phi) is 3.40. The molecule has 0 unspecified atom stereocenters. The number of alkyl halides is 1. The van der Waals surface area contributed by atoms with Crippen LogP contribution in [0.5, 0.6) is 0 Å². The lowest BCUT2D eigenvalue weighted by Crippen LogP contribution is -2.38. The Morgan fingerprint density at radius 2 is 2.19 bits per heavy atom. The quantitative estimate of drug-likeness (QED) is 0.822. The van der Waals surface area contributed by atoms with E-state index in [9.17, 15) is 4.79 Å². The standard InChI is InChI=1S/C10H13Cl2N3O/c11-5-10(3-1-2-4-10)15-8-7(12)9(16)14-6-13-8/h6H,1-5H2,(H2,13,14,15,16). The molecule has 0 saturated heterocycles. The number of H-pyrrole nitrogens is 1. The van der Waals surface area contributed by atoms with E-state index in [1.807, 2.05) is 0 Å². The molecule has 1 aliphatic carbocycles. The normalized spacial score (nSPS) is 18.6. The van der Waals surface area contributed by atoms with Crippen molar-refractivity contribution in [1.82, 2.24) is 9.97 Å². The first-order chi connectivity index (χ1) is 7.67. The summed E-state index contributed by atoms with van der Waals surface area (Å²) in [6.45, 7) is 0. The van der Waals surface area contributed by atoms with Gasteiger partial charge in [0.05, 0.1) is 11.9 Å². The summed E-state index contributed by atoms with van der Waals surface area (Å²) in [5.74, 6) is 0.922. The fraction of sp³-hybridized carbons (Fsp3) is 0.600. The smallest absolute Gasteiger partial charge is 0.271 e. The maximum absolute atomic E-state index is 11.3. The Bertz CT molecular complexity index is 426. The minimum absolute atomic E-state index is 0.0962. The molecule has 0 amide bonds. The number of aromatic amines is 1. The van der Waals surface area contributed by atoms with Crippen molar-refractivity contribution in [3.63, 3.8) is 0 Å². The van der Waals surface area contributed by atoms with Gasteiger partial charge in [-0.2, -0.15) is 0 Å². The van der Waals surface area contributed by atoms with Gasteiger partial charge in [0.1, 0.15) is 5.02 Å². The van der Waals surface area contributed by atoms with Crippen molar-refractivity contribution in [2.45, 2.75) is 31.2 Å². The lowest BCUT2D eigenvalue weighted by molar-refractivity contribution is 0.537. The van der Waals surface area contributed by atoms with Crippen LogP contribution in [0.2, 0.25) is 5.02 Å². The first kappa shape index (κ1) is 11.7. The number of aromatic nitrogens is 2.